The van der Waals surface area contributed by atoms with Gasteiger partial charge in [-0.25, -0.2) is 14.5 Å². The summed E-state index contributed by atoms with van der Waals surface area (Å²) in [5.74, 6) is 0.596. The number of thiazole rings is 1. The molecule has 53 heavy (non-hydrogen) atoms. The highest BCUT2D eigenvalue weighted by molar-refractivity contribution is 7.07. The molecule has 1 unspecified atom stereocenters. The third kappa shape index (κ3) is 8.07. The summed E-state index contributed by atoms with van der Waals surface area (Å²) in [6, 6.07) is 21.4. The second kappa shape index (κ2) is 16.1. The molecule has 0 bridgehead atoms. The van der Waals surface area contributed by atoms with Gasteiger partial charge >= 0.3 is 11.9 Å². The lowest BCUT2D eigenvalue weighted by atomic mass is 9.95. The van der Waals surface area contributed by atoms with E-state index in [1.165, 1.54) is 36.0 Å². The second-order valence-corrected chi connectivity index (χ2v) is 13.8. The lowest BCUT2D eigenvalue weighted by molar-refractivity contribution is -0.138. The molecular formula is C41H40N4O7S. The number of carbonyl (C=O) groups excluding carboxylic acids is 2. The first-order valence-corrected chi connectivity index (χ1v) is 17.9. The molecule has 11 nitrogen and oxygen atoms in total. The van der Waals surface area contributed by atoms with Crippen LogP contribution in [0.5, 0.6) is 17.2 Å². The highest BCUT2D eigenvalue weighted by atomic mass is 32.1. The van der Waals surface area contributed by atoms with Crippen LogP contribution in [0.2, 0.25) is 0 Å². The Morgan fingerprint density at radius 1 is 1.04 bits per heavy atom. The van der Waals surface area contributed by atoms with Crippen molar-refractivity contribution in [3.63, 3.8) is 0 Å². The molecule has 0 saturated heterocycles. The topological polar surface area (TPSA) is 123 Å². The van der Waals surface area contributed by atoms with Gasteiger partial charge in [0.15, 0.2) is 16.3 Å². The first-order valence-electron chi connectivity index (χ1n) is 17.1. The first kappa shape index (κ1) is 36.8. The molecular weight excluding hydrogens is 693 g/mol. The lowest BCUT2D eigenvalue weighted by Gasteiger charge is -2.25. The largest absolute Gasteiger partial charge is 0.494 e. The second-order valence-electron chi connectivity index (χ2n) is 12.7. The molecule has 0 amide bonds. The number of aromatic nitrogens is 3. The molecule has 272 valence electrons. The summed E-state index contributed by atoms with van der Waals surface area (Å²) >= 11 is 1.20. The Balaban J connectivity index is 1.49. The summed E-state index contributed by atoms with van der Waals surface area (Å²) in [5.41, 5.74) is 3.81. The molecule has 0 fully saturated rings. The van der Waals surface area contributed by atoms with E-state index in [0.29, 0.717) is 44.4 Å². The molecule has 0 spiro atoms. The van der Waals surface area contributed by atoms with E-state index in [2.05, 4.69) is 20.4 Å². The summed E-state index contributed by atoms with van der Waals surface area (Å²) in [4.78, 5) is 44.9. The fourth-order valence-electron chi connectivity index (χ4n) is 5.90. The molecule has 6 rings (SSSR count). The number of benzene rings is 3. The number of hydrogen-bond acceptors (Lipinski definition) is 10. The Morgan fingerprint density at radius 3 is 2.47 bits per heavy atom. The predicted octanol–water partition coefficient (Wildman–Crippen LogP) is 6.18. The van der Waals surface area contributed by atoms with Gasteiger partial charge in [-0.15, -0.1) is 0 Å². The van der Waals surface area contributed by atoms with Crippen molar-refractivity contribution in [3.05, 3.63) is 134 Å². The number of allylic oxidation sites excluding steroid dienone is 1. The van der Waals surface area contributed by atoms with Crippen molar-refractivity contribution < 1.29 is 28.5 Å². The van der Waals surface area contributed by atoms with Gasteiger partial charge in [0.2, 0.25) is 0 Å². The molecule has 0 saturated carbocycles. The standard InChI is InChI=1S/C41H40N4O7S/c1-7-20-51-40(48)36-26(4)42-41-45(38(36)29-15-18-33(52-27(5)46)34(22-29)49-6)39(47)35(53-41)23-30-24-44(31-11-9-8-10-12-31)43-37(30)28-13-16-32(17-14-28)50-21-19-25(2)3/h7-18,22-25,38H,1,19-21H2,2-6H3. The highest BCUT2D eigenvalue weighted by Crippen LogP contribution is 2.36. The fraction of sp³-hybridized carbons (Fsp3) is 0.244. The molecule has 1 atom stereocenters. The smallest absolute Gasteiger partial charge is 0.338 e. The van der Waals surface area contributed by atoms with Gasteiger partial charge in [0.05, 0.1) is 41.2 Å². The molecule has 3 aromatic carbocycles. The van der Waals surface area contributed by atoms with E-state index in [9.17, 15) is 14.4 Å². The van der Waals surface area contributed by atoms with E-state index in [0.717, 1.165) is 23.4 Å². The van der Waals surface area contributed by atoms with Crippen molar-refractivity contribution in [3.8, 4) is 34.2 Å². The maximum atomic E-state index is 14.5. The molecule has 0 aliphatic carbocycles. The van der Waals surface area contributed by atoms with Crippen molar-refractivity contribution in [2.24, 2.45) is 10.9 Å². The SMILES string of the molecule is C=CCOC(=O)C1=C(C)N=c2sc(=Cc3cn(-c4ccccc4)nc3-c3ccc(OCCC(C)C)cc3)c(=O)n2C1c1ccc(OC(C)=O)c(OC)c1. The molecule has 2 aromatic heterocycles. The Hall–Kier alpha value is -6.01. The summed E-state index contributed by atoms with van der Waals surface area (Å²) in [6.07, 6.45) is 6.11. The normalized spacial score (nSPS) is 14.1. The van der Waals surface area contributed by atoms with Crippen molar-refractivity contribution in [1.82, 2.24) is 14.3 Å². The maximum Gasteiger partial charge on any atom is 0.338 e. The quantitative estimate of drug-likeness (QED) is 0.0800. The van der Waals surface area contributed by atoms with Crippen LogP contribution in [0, 0.1) is 5.92 Å². The number of carbonyl (C=O) groups is 2. The van der Waals surface area contributed by atoms with Gasteiger partial charge in [-0.05, 0) is 79.4 Å². The van der Waals surface area contributed by atoms with Gasteiger partial charge < -0.3 is 18.9 Å². The molecule has 0 radical (unpaired) electrons. The average molecular weight is 733 g/mol. The number of ether oxygens (including phenoxy) is 4. The van der Waals surface area contributed by atoms with Crippen LogP contribution in [0.1, 0.15) is 51.3 Å². The monoisotopic (exact) mass is 732 g/mol. The Kier molecular flexibility index (Phi) is 11.2. The molecule has 1 aliphatic heterocycles. The van der Waals surface area contributed by atoms with Crippen molar-refractivity contribution >= 4 is 29.4 Å². The zero-order valence-electron chi connectivity index (χ0n) is 30.2. The van der Waals surface area contributed by atoms with Crippen LogP contribution >= 0.6 is 11.3 Å². The minimum absolute atomic E-state index is 0.0271. The van der Waals surface area contributed by atoms with Gasteiger partial charge in [-0.2, -0.15) is 5.10 Å². The van der Waals surface area contributed by atoms with E-state index in [1.807, 2.05) is 60.8 Å². The van der Waals surface area contributed by atoms with Gasteiger partial charge in [0.1, 0.15) is 18.1 Å². The number of rotatable bonds is 13. The van der Waals surface area contributed by atoms with E-state index in [4.69, 9.17) is 29.0 Å². The number of nitrogens with zero attached hydrogens (tertiary/aromatic N) is 4. The summed E-state index contributed by atoms with van der Waals surface area (Å²) in [7, 11) is 1.44. The predicted molar refractivity (Wildman–Crippen MR) is 203 cm³/mol. The van der Waals surface area contributed by atoms with Gasteiger partial charge in [0, 0.05) is 24.2 Å². The lowest BCUT2D eigenvalue weighted by Crippen LogP contribution is -2.40. The highest BCUT2D eigenvalue weighted by Gasteiger charge is 2.34. The molecule has 1 aliphatic rings. The number of methoxy groups -OCH3 is 1. The minimum Gasteiger partial charge on any atom is -0.494 e. The third-order valence-corrected chi connectivity index (χ3v) is 9.46. The van der Waals surface area contributed by atoms with E-state index in [-0.39, 0.29) is 29.2 Å². The first-order chi connectivity index (χ1) is 25.6. The number of para-hydroxylation sites is 1. The van der Waals surface area contributed by atoms with Crippen LogP contribution in [0.15, 0.2) is 113 Å². The minimum atomic E-state index is -0.930. The maximum absolute atomic E-state index is 14.5. The van der Waals surface area contributed by atoms with Crippen molar-refractivity contribution in [2.45, 2.75) is 40.2 Å². The van der Waals surface area contributed by atoms with Crippen molar-refractivity contribution in [1.29, 1.82) is 0 Å². The van der Waals surface area contributed by atoms with Crippen LogP contribution in [0.25, 0.3) is 23.0 Å². The van der Waals surface area contributed by atoms with Gasteiger partial charge in [-0.1, -0.05) is 62.1 Å². The zero-order valence-corrected chi connectivity index (χ0v) is 31.0. The Labute approximate surface area is 310 Å². The van der Waals surface area contributed by atoms with Crippen molar-refractivity contribution in [2.75, 3.05) is 20.3 Å². The van der Waals surface area contributed by atoms with Crippen LogP contribution in [-0.2, 0) is 14.3 Å². The molecule has 12 heteroatoms. The summed E-state index contributed by atoms with van der Waals surface area (Å²) < 4.78 is 25.9. The van der Waals surface area contributed by atoms with Crippen LogP contribution in [-0.4, -0.2) is 46.6 Å². The van der Waals surface area contributed by atoms with E-state index < -0.39 is 18.0 Å². The zero-order chi connectivity index (χ0) is 37.6. The summed E-state index contributed by atoms with van der Waals surface area (Å²) in [6.45, 7) is 11.6. The Morgan fingerprint density at radius 2 is 1.79 bits per heavy atom. The molecule has 5 aromatic rings. The summed E-state index contributed by atoms with van der Waals surface area (Å²) in [5, 5.41) is 4.95. The number of esters is 2. The Bertz CT molecular complexity index is 2370. The van der Waals surface area contributed by atoms with E-state index in [1.54, 1.807) is 35.9 Å². The average Bonchev–Trinajstić information content (AvgIpc) is 3.70. The van der Waals surface area contributed by atoms with Crippen LogP contribution in [0.3, 0.4) is 0 Å². The third-order valence-electron chi connectivity index (χ3n) is 8.47. The van der Waals surface area contributed by atoms with E-state index >= 15 is 0 Å². The number of fused-ring (bicyclic) bond motifs is 1. The van der Waals surface area contributed by atoms with Gasteiger partial charge in [0.25, 0.3) is 5.56 Å². The van der Waals surface area contributed by atoms with Gasteiger partial charge in [-0.3, -0.25) is 14.2 Å². The molecule has 0 N–H and O–H groups in total. The van der Waals surface area contributed by atoms with Crippen LogP contribution in [0.4, 0.5) is 0 Å². The van der Waals surface area contributed by atoms with Crippen LogP contribution < -0.4 is 29.1 Å². The fourth-order valence-corrected chi connectivity index (χ4v) is 6.93. The molecule has 3 heterocycles. The number of hydrogen-bond donors (Lipinski definition) is 0.